The van der Waals surface area contributed by atoms with Crippen LogP contribution in [0.15, 0.2) is 52.3 Å². The molecule has 2 aromatic rings. The lowest BCUT2D eigenvalue weighted by Crippen LogP contribution is -2.41. The molecule has 1 N–H and O–H groups in total. The zero-order valence-corrected chi connectivity index (χ0v) is 19.4. The van der Waals surface area contributed by atoms with Gasteiger partial charge in [0.15, 0.2) is 0 Å². The summed E-state index contributed by atoms with van der Waals surface area (Å²) in [6, 6.07) is 9.25. The van der Waals surface area contributed by atoms with Gasteiger partial charge in [0.1, 0.15) is 5.75 Å². The zero-order chi connectivity index (χ0) is 23.4. The summed E-state index contributed by atoms with van der Waals surface area (Å²) in [7, 11) is -0.515. The second kappa shape index (κ2) is 7.96. The maximum absolute atomic E-state index is 13.1. The first-order valence-electron chi connectivity index (χ1n) is 11.0. The van der Waals surface area contributed by atoms with Crippen molar-refractivity contribution in [2.24, 2.45) is 18.9 Å². The summed E-state index contributed by atoms with van der Waals surface area (Å²) in [5.74, 6) is 0.420. The normalized spacial score (nSPS) is 28.2. The van der Waals surface area contributed by atoms with E-state index in [2.05, 4.69) is 4.72 Å². The number of pyridine rings is 1. The first-order chi connectivity index (χ1) is 15.7. The van der Waals surface area contributed by atoms with E-state index in [1.54, 1.807) is 36.3 Å². The summed E-state index contributed by atoms with van der Waals surface area (Å²) in [6.07, 6.45) is 3.27. The summed E-state index contributed by atoms with van der Waals surface area (Å²) in [4.78, 5) is 27.0. The van der Waals surface area contributed by atoms with Crippen molar-refractivity contribution in [3.8, 4) is 5.75 Å². The van der Waals surface area contributed by atoms with Crippen molar-refractivity contribution in [2.75, 3.05) is 26.7 Å². The van der Waals surface area contributed by atoms with Gasteiger partial charge in [-0.15, -0.1) is 0 Å². The summed E-state index contributed by atoms with van der Waals surface area (Å²) < 4.78 is 41.2. The molecule has 2 bridgehead atoms. The molecule has 9 nitrogen and oxygen atoms in total. The van der Waals surface area contributed by atoms with Crippen LogP contribution in [0.1, 0.15) is 23.2 Å². The number of benzene rings is 1. The van der Waals surface area contributed by atoms with Crippen LogP contribution in [-0.4, -0.2) is 62.2 Å². The molecule has 1 aromatic carbocycles. The lowest BCUT2D eigenvalue weighted by Gasteiger charge is -2.29. The van der Waals surface area contributed by atoms with Crippen molar-refractivity contribution in [3.05, 3.63) is 58.5 Å². The lowest BCUT2D eigenvalue weighted by molar-refractivity contribution is 0.00324. The van der Waals surface area contributed by atoms with Gasteiger partial charge in [0.25, 0.3) is 11.5 Å². The van der Waals surface area contributed by atoms with Crippen molar-refractivity contribution in [3.63, 3.8) is 0 Å². The number of rotatable bonds is 6. The Balaban J connectivity index is 1.30. The average Bonchev–Trinajstić information content (AvgIpc) is 3.48. The Kier molecular flexibility index (Phi) is 5.34. The van der Waals surface area contributed by atoms with Gasteiger partial charge in [-0.3, -0.25) is 9.59 Å². The van der Waals surface area contributed by atoms with Crippen LogP contribution in [0.4, 0.5) is 0 Å². The lowest BCUT2D eigenvalue weighted by atomic mass is 9.74. The van der Waals surface area contributed by atoms with E-state index < -0.39 is 15.6 Å². The molecule has 3 saturated heterocycles. The van der Waals surface area contributed by atoms with Crippen LogP contribution >= 0.6 is 0 Å². The van der Waals surface area contributed by atoms with E-state index in [4.69, 9.17) is 9.47 Å². The number of nitrogens with one attached hydrogen (secondary N) is 1. The van der Waals surface area contributed by atoms with E-state index in [0.29, 0.717) is 24.4 Å². The fourth-order valence-corrected chi connectivity index (χ4v) is 6.60. The largest absolute Gasteiger partial charge is 0.497 e. The standard InChI is InChI=1S/C23H27N3O6S/c1-25-10-8-15(11-21(25)27)22(28)26-13-19-18(20-7-9-23(19,14-26)32-20)12-24-33(29,30)17-5-3-16(31-2)4-6-17/h3-6,8,10-11,18-20,24H,7,9,12-14H2,1-2H3/t18-,19+,20+,23+/m0/s1. The molecule has 176 valence electrons. The van der Waals surface area contributed by atoms with Crippen LogP contribution in [-0.2, 0) is 21.8 Å². The number of fused-ring (bicyclic) bond motifs is 1. The molecule has 0 unspecified atom stereocenters. The van der Waals surface area contributed by atoms with Crippen LogP contribution in [0.2, 0.25) is 0 Å². The number of carbonyl (C=O) groups excluding carboxylic acids is 1. The third-order valence-corrected chi connectivity index (χ3v) is 8.74. The molecule has 1 spiro atoms. The molecule has 0 aliphatic carbocycles. The van der Waals surface area contributed by atoms with E-state index in [0.717, 1.165) is 12.8 Å². The first-order valence-corrected chi connectivity index (χ1v) is 12.5. The molecule has 5 rings (SSSR count). The van der Waals surface area contributed by atoms with Gasteiger partial charge in [-0.1, -0.05) is 0 Å². The fourth-order valence-electron chi connectivity index (χ4n) is 5.53. The SMILES string of the molecule is COc1ccc(S(=O)(=O)NC[C@H]2[C@H]3CN(C(=O)c4ccn(C)c(=O)c4)C[C@]34CC[C@H]2O4)cc1. The highest BCUT2D eigenvalue weighted by molar-refractivity contribution is 7.89. The summed E-state index contributed by atoms with van der Waals surface area (Å²) in [6.45, 7) is 1.20. The second-order valence-corrected chi connectivity index (χ2v) is 10.9. The number of aromatic nitrogens is 1. The summed E-state index contributed by atoms with van der Waals surface area (Å²) in [5, 5.41) is 0. The van der Waals surface area contributed by atoms with Crippen molar-refractivity contribution in [2.45, 2.75) is 29.4 Å². The smallest absolute Gasteiger partial charge is 0.254 e. The Hall–Kier alpha value is -2.69. The number of hydrogen-bond donors (Lipinski definition) is 1. The van der Waals surface area contributed by atoms with E-state index in [1.165, 1.54) is 29.9 Å². The number of methoxy groups -OCH3 is 1. The second-order valence-electron chi connectivity index (χ2n) is 9.11. The van der Waals surface area contributed by atoms with Gasteiger partial charge in [-0.05, 0) is 43.2 Å². The highest BCUT2D eigenvalue weighted by Crippen LogP contribution is 2.54. The van der Waals surface area contributed by atoms with Crippen molar-refractivity contribution >= 4 is 15.9 Å². The molecule has 0 radical (unpaired) electrons. The number of hydrogen-bond acceptors (Lipinski definition) is 6. The quantitative estimate of drug-likeness (QED) is 0.671. The van der Waals surface area contributed by atoms with Crippen LogP contribution in [0.3, 0.4) is 0 Å². The molecular formula is C23H27N3O6S. The van der Waals surface area contributed by atoms with Gasteiger partial charge in [0.05, 0.1) is 30.3 Å². The van der Waals surface area contributed by atoms with Crippen molar-refractivity contribution in [1.29, 1.82) is 0 Å². The number of carbonyl (C=O) groups is 1. The van der Waals surface area contributed by atoms with Crippen molar-refractivity contribution < 1.29 is 22.7 Å². The molecule has 4 atom stereocenters. The molecule has 10 heteroatoms. The molecule has 4 heterocycles. The molecule has 1 amide bonds. The molecule has 0 saturated carbocycles. The van der Waals surface area contributed by atoms with Gasteiger partial charge in [0.2, 0.25) is 10.0 Å². The number of likely N-dealkylation sites (tertiary alicyclic amines) is 1. The van der Waals surface area contributed by atoms with E-state index in [9.17, 15) is 18.0 Å². The maximum atomic E-state index is 13.1. The molecule has 3 aliphatic rings. The Morgan fingerprint density at radius 1 is 1.27 bits per heavy atom. The van der Waals surface area contributed by atoms with E-state index in [-0.39, 0.29) is 40.8 Å². The van der Waals surface area contributed by atoms with Crippen LogP contribution in [0.25, 0.3) is 0 Å². The van der Waals surface area contributed by atoms with Crippen LogP contribution < -0.4 is 15.0 Å². The van der Waals surface area contributed by atoms with Gasteiger partial charge in [-0.25, -0.2) is 13.1 Å². The van der Waals surface area contributed by atoms with Crippen LogP contribution in [0, 0.1) is 11.8 Å². The topological polar surface area (TPSA) is 107 Å². The van der Waals surface area contributed by atoms with Gasteiger partial charge < -0.3 is 18.9 Å². The molecule has 1 aromatic heterocycles. The minimum Gasteiger partial charge on any atom is -0.497 e. The van der Waals surface area contributed by atoms with E-state index >= 15 is 0 Å². The maximum Gasteiger partial charge on any atom is 0.254 e. The number of ether oxygens (including phenoxy) is 2. The highest BCUT2D eigenvalue weighted by Gasteiger charge is 2.63. The molecular weight excluding hydrogens is 446 g/mol. The number of amides is 1. The minimum atomic E-state index is -3.68. The monoisotopic (exact) mass is 473 g/mol. The number of aryl methyl sites for hydroxylation is 1. The highest BCUT2D eigenvalue weighted by atomic mass is 32.2. The van der Waals surface area contributed by atoms with Gasteiger partial charge in [0, 0.05) is 49.8 Å². The van der Waals surface area contributed by atoms with Gasteiger partial charge in [-0.2, -0.15) is 0 Å². The molecule has 33 heavy (non-hydrogen) atoms. The number of nitrogens with zero attached hydrogens (tertiary/aromatic N) is 2. The average molecular weight is 474 g/mol. The summed E-state index contributed by atoms with van der Waals surface area (Å²) >= 11 is 0. The third-order valence-electron chi connectivity index (χ3n) is 7.30. The predicted octanol–water partition coefficient (Wildman–Crippen LogP) is 0.992. The van der Waals surface area contributed by atoms with Gasteiger partial charge >= 0.3 is 0 Å². The Labute approximate surface area is 192 Å². The van der Waals surface area contributed by atoms with E-state index in [1.807, 2.05) is 0 Å². The Morgan fingerprint density at radius 2 is 2.03 bits per heavy atom. The van der Waals surface area contributed by atoms with Crippen LogP contribution in [0.5, 0.6) is 5.75 Å². The van der Waals surface area contributed by atoms with Crippen molar-refractivity contribution in [1.82, 2.24) is 14.2 Å². The third kappa shape index (κ3) is 3.75. The first kappa shape index (κ1) is 22.1. The zero-order valence-electron chi connectivity index (χ0n) is 18.6. The Morgan fingerprint density at radius 3 is 2.73 bits per heavy atom. The molecule has 3 aliphatic heterocycles. The Bertz CT molecular complexity index is 1240. The molecule has 3 fully saturated rings. The fraction of sp³-hybridized carbons (Fsp3) is 0.478. The number of sulfonamides is 1. The minimum absolute atomic E-state index is 0.0187. The summed E-state index contributed by atoms with van der Waals surface area (Å²) in [5.41, 5.74) is -0.307. The predicted molar refractivity (Wildman–Crippen MR) is 120 cm³/mol.